The van der Waals surface area contributed by atoms with Crippen LogP contribution >= 0.6 is 0 Å². The lowest BCUT2D eigenvalue weighted by atomic mass is 9.87. The van der Waals surface area contributed by atoms with Crippen LogP contribution in [0, 0.1) is 5.92 Å². The molecule has 0 spiro atoms. The van der Waals surface area contributed by atoms with Gasteiger partial charge in [-0.2, -0.15) is 0 Å². The summed E-state index contributed by atoms with van der Waals surface area (Å²) in [6.45, 7) is 2.40. The van der Waals surface area contributed by atoms with Gasteiger partial charge in [0.05, 0.1) is 6.04 Å². The summed E-state index contributed by atoms with van der Waals surface area (Å²) in [4.78, 5) is 15.3. The highest BCUT2D eigenvalue weighted by Crippen LogP contribution is 2.33. The molecule has 2 aliphatic rings. The van der Waals surface area contributed by atoms with E-state index >= 15 is 0 Å². The van der Waals surface area contributed by atoms with Gasteiger partial charge in [-0.3, -0.25) is 4.79 Å². The molecule has 0 radical (unpaired) electrons. The molecular formula is C23H27NO2. The van der Waals surface area contributed by atoms with Crippen molar-refractivity contribution >= 4 is 5.91 Å². The summed E-state index contributed by atoms with van der Waals surface area (Å²) < 4.78 is 5.58. The van der Waals surface area contributed by atoms with Gasteiger partial charge in [0.2, 0.25) is 5.91 Å². The van der Waals surface area contributed by atoms with Crippen LogP contribution in [0.2, 0.25) is 0 Å². The number of ether oxygens (including phenoxy) is 1. The van der Waals surface area contributed by atoms with E-state index in [4.69, 9.17) is 4.74 Å². The number of nitrogens with zero attached hydrogens (tertiary/aromatic N) is 1. The van der Waals surface area contributed by atoms with Crippen LogP contribution in [0.15, 0.2) is 54.6 Å². The maximum Gasteiger partial charge on any atom is 0.223 e. The second-order valence-electron chi connectivity index (χ2n) is 7.53. The molecule has 1 saturated heterocycles. The second-order valence-corrected chi connectivity index (χ2v) is 7.53. The summed E-state index contributed by atoms with van der Waals surface area (Å²) in [7, 11) is 0. The summed E-state index contributed by atoms with van der Waals surface area (Å²) in [6.07, 6.45) is 4.64. The standard InChI is InChI=1S/C23H27NO2/c25-23(16-19-9-6-14-26-17-19)24-13-12-20-10-4-5-11-21(20)22(24)15-18-7-2-1-3-8-18/h1-5,7-8,10-11,19,22H,6,9,12-17H2. The molecule has 26 heavy (non-hydrogen) atoms. The van der Waals surface area contributed by atoms with E-state index in [1.807, 2.05) is 6.07 Å². The minimum absolute atomic E-state index is 0.138. The molecule has 2 heterocycles. The molecule has 3 heteroatoms. The van der Waals surface area contributed by atoms with Crippen molar-refractivity contribution in [3.63, 3.8) is 0 Å². The van der Waals surface area contributed by atoms with Gasteiger partial charge >= 0.3 is 0 Å². The Balaban J connectivity index is 1.56. The summed E-state index contributed by atoms with van der Waals surface area (Å²) >= 11 is 0. The van der Waals surface area contributed by atoms with E-state index in [1.165, 1.54) is 16.7 Å². The minimum atomic E-state index is 0.138. The molecule has 0 saturated carbocycles. The Morgan fingerprint density at radius 3 is 2.69 bits per heavy atom. The Kier molecular flexibility index (Phi) is 5.35. The Labute approximate surface area is 156 Å². The number of carbonyl (C=O) groups is 1. The molecule has 0 aromatic heterocycles. The molecular weight excluding hydrogens is 322 g/mol. The molecule has 0 aliphatic carbocycles. The molecule has 2 atom stereocenters. The number of amides is 1. The Morgan fingerprint density at radius 2 is 1.88 bits per heavy atom. The minimum Gasteiger partial charge on any atom is -0.381 e. The number of carbonyl (C=O) groups excluding carboxylic acids is 1. The molecule has 2 aromatic carbocycles. The number of hydrogen-bond acceptors (Lipinski definition) is 2. The van der Waals surface area contributed by atoms with Crippen LogP contribution in [0.3, 0.4) is 0 Å². The molecule has 136 valence electrons. The molecule has 3 nitrogen and oxygen atoms in total. The highest BCUT2D eigenvalue weighted by atomic mass is 16.5. The number of benzene rings is 2. The van der Waals surface area contributed by atoms with Gasteiger partial charge in [-0.05, 0) is 48.3 Å². The van der Waals surface area contributed by atoms with Crippen LogP contribution in [-0.2, 0) is 22.4 Å². The summed E-state index contributed by atoms with van der Waals surface area (Å²) in [5, 5.41) is 0. The van der Waals surface area contributed by atoms with Crippen LogP contribution in [0.1, 0.15) is 42.0 Å². The highest BCUT2D eigenvalue weighted by Gasteiger charge is 2.32. The first-order valence-corrected chi connectivity index (χ1v) is 9.80. The van der Waals surface area contributed by atoms with Crippen molar-refractivity contribution < 1.29 is 9.53 Å². The quantitative estimate of drug-likeness (QED) is 0.829. The maximum atomic E-state index is 13.1. The fourth-order valence-electron chi connectivity index (χ4n) is 4.34. The van der Waals surface area contributed by atoms with Crippen LogP contribution < -0.4 is 0 Å². The van der Waals surface area contributed by atoms with Crippen molar-refractivity contribution in [2.75, 3.05) is 19.8 Å². The van der Waals surface area contributed by atoms with Crippen LogP contribution in [0.5, 0.6) is 0 Å². The van der Waals surface area contributed by atoms with E-state index in [1.54, 1.807) is 0 Å². The molecule has 4 rings (SSSR count). The normalized spacial score (nSPS) is 22.7. The smallest absolute Gasteiger partial charge is 0.223 e. The highest BCUT2D eigenvalue weighted by molar-refractivity contribution is 5.77. The fraction of sp³-hybridized carbons (Fsp3) is 0.435. The summed E-state index contributed by atoms with van der Waals surface area (Å²) in [5.74, 6) is 0.668. The molecule has 2 unspecified atom stereocenters. The molecule has 0 bridgehead atoms. The molecule has 2 aliphatic heterocycles. The zero-order valence-corrected chi connectivity index (χ0v) is 15.3. The monoisotopic (exact) mass is 349 g/mol. The zero-order valence-electron chi connectivity index (χ0n) is 15.3. The van der Waals surface area contributed by atoms with E-state index in [-0.39, 0.29) is 11.9 Å². The first-order valence-electron chi connectivity index (χ1n) is 9.80. The predicted molar refractivity (Wildman–Crippen MR) is 103 cm³/mol. The lowest BCUT2D eigenvalue weighted by Gasteiger charge is -2.38. The molecule has 2 aromatic rings. The van der Waals surface area contributed by atoms with E-state index in [2.05, 4.69) is 53.4 Å². The first kappa shape index (κ1) is 17.3. The third-order valence-corrected chi connectivity index (χ3v) is 5.72. The van der Waals surface area contributed by atoms with Crippen LogP contribution in [0.25, 0.3) is 0 Å². The van der Waals surface area contributed by atoms with Gasteiger partial charge in [-0.25, -0.2) is 0 Å². The van der Waals surface area contributed by atoms with Gasteiger partial charge in [0.25, 0.3) is 0 Å². The average molecular weight is 349 g/mol. The van der Waals surface area contributed by atoms with Crippen molar-refractivity contribution in [3.8, 4) is 0 Å². The van der Waals surface area contributed by atoms with Crippen LogP contribution in [0.4, 0.5) is 0 Å². The second kappa shape index (κ2) is 8.05. The van der Waals surface area contributed by atoms with Gasteiger partial charge in [0, 0.05) is 26.2 Å². The van der Waals surface area contributed by atoms with Crippen molar-refractivity contribution in [2.45, 2.75) is 38.1 Å². The maximum absolute atomic E-state index is 13.1. The van der Waals surface area contributed by atoms with Crippen molar-refractivity contribution in [3.05, 3.63) is 71.3 Å². The summed E-state index contributed by atoms with van der Waals surface area (Å²) in [6, 6.07) is 19.3. The van der Waals surface area contributed by atoms with E-state index in [0.717, 1.165) is 45.4 Å². The van der Waals surface area contributed by atoms with Gasteiger partial charge in [-0.15, -0.1) is 0 Å². The predicted octanol–water partition coefficient (Wildman–Crippen LogP) is 4.17. The topological polar surface area (TPSA) is 29.5 Å². The largest absolute Gasteiger partial charge is 0.381 e. The first-order chi connectivity index (χ1) is 12.8. The fourth-order valence-corrected chi connectivity index (χ4v) is 4.34. The molecule has 1 fully saturated rings. The third-order valence-electron chi connectivity index (χ3n) is 5.72. The Hall–Kier alpha value is -2.13. The lowest BCUT2D eigenvalue weighted by molar-refractivity contribution is -0.136. The van der Waals surface area contributed by atoms with Gasteiger partial charge in [0.15, 0.2) is 0 Å². The third kappa shape index (κ3) is 3.83. The number of hydrogen-bond donors (Lipinski definition) is 0. The lowest BCUT2D eigenvalue weighted by Crippen LogP contribution is -2.42. The van der Waals surface area contributed by atoms with Gasteiger partial charge < -0.3 is 9.64 Å². The van der Waals surface area contributed by atoms with Gasteiger partial charge in [0.1, 0.15) is 0 Å². The van der Waals surface area contributed by atoms with Gasteiger partial charge in [-0.1, -0.05) is 54.6 Å². The Bertz CT molecular complexity index is 737. The van der Waals surface area contributed by atoms with E-state index in [0.29, 0.717) is 12.3 Å². The summed E-state index contributed by atoms with van der Waals surface area (Å²) in [5.41, 5.74) is 3.99. The van der Waals surface area contributed by atoms with Crippen molar-refractivity contribution in [1.82, 2.24) is 4.90 Å². The van der Waals surface area contributed by atoms with E-state index in [9.17, 15) is 4.79 Å². The number of rotatable bonds is 4. The number of fused-ring (bicyclic) bond motifs is 1. The van der Waals surface area contributed by atoms with E-state index < -0.39 is 0 Å². The van der Waals surface area contributed by atoms with Crippen molar-refractivity contribution in [1.29, 1.82) is 0 Å². The molecule has 1 amide bonds. The van der Waals surface area contributed by atoms with Crippen molar-refractivity contribution in [2.24, 2.45) is 5.92 Å². The average Bonchev–Trinajstić information content (AvgIpc) is 2.70. The molecule has 0 N–H and O–H groups in total. The van der Waals surface area contributed by atoms with Crippen LogP contribution in [-0.4, -0.2) is 30.6 Å². The SMILES string of the molecule is O=C(CC1CCCOC1)N1CCc2ccccc2C1Cc1ccccc1. The Morgan fingerprint density at radius 1 is 1.08 bits per heavy atom. The zero-order chi connectivity index (χ0) is 17.8.